The minimum Gasteiger partial charge on any atom is -0.426 e. The number of nitrogens with one attached hydrogen (secondary N) is 1. The molecule has 3 rings (SSSR count). The standard InChI is InChI=1S/C23H26N2O2/c1-3-5-9-17(4-2)23(26)27-20-14-12-19(13-15-20)22-16-21(24-25-22)18-10-7-6-8-11-18/h6-8,10-17H,3-5,9H2,1-2H3,(H,24,25). The van der Waals surface area contributed by atoms with Gasteiger partial charge in [-0.3, -0.25) is 9.89 Å². The number of carbonyl (C=O) groups is 1. The molecule has 27 heavy (non-hydrogen) atoms. The molecular formula is C23H26N2O2. The van der Waals surface area contributed by atoms with Gasteiger partial charge in [0, 0.05) is 5.56 Å². The van der Waals surface area contributed by atoms with Crippen molar-refractivity contribution in [3.8, 4) is 28.3 Å². The zero-order valence-corrected chi connectivity index (χ0v) is 15.9. The van der Waals surface area contributed by atoms with Gasteiger partial charge in [0.05, 0.1) is 17.3 Å². The molecule has 0 spiro atoms. The van der Waals surface area contributed by atoms with E-state index in [-0.39, 0.29) is 11.9 Å². The van der Waals surface area contributed by atoms with Crippen LogP contribution in [0.4, 0.5) is 0 Å². The van der Waals surface area contributed by atoms with Gasteiger partial charge in [-0.1, -0.05) is 57.0 Å². The summed E-state index contributed by atoms with van der Waals surface area (Å²) in [5, 5.41) is 7.46. The maximum absolute atomic E-state index is 12.3. The first-order valence-corrected chi connectivity index (χ1v) is 9.64. The number of nitrogens with zero attached hydrogens (tertiary/aromatic N) is 1. The lowest BCUT2D eigenvalue weighted by molar-refractivity contribution is -0.139. The van der Waals surface area contributed by atoms with Crippen LogP contribution in [0.3, 0.4) is 0 Å². The van der Waals surface area contributed by atoms with E-state index in [1.807, 2.05) is 67.6 Å². The van der Waals surface area contributed by atoms with Gasteiger partial charge in [0.2, 0.25) is 0 Å². The van der Waals surface area contributed by atoms with E-state index in [1.54, 1.807) is 0 Å². The number of H-pyrrole nitrogens is 1. The third-order valence-electron chi connectivity index (χ3n) is 4.76. The number of hydrogen-bond acceptors (Lipinski definition) is 3. The second-order valence-corrected chi connectivity index (χ2v) is 6.73. The van der Waals surface area contributed by atoms with Crippen LogP contribution in [0, 0.1) is 5.92 Å². The molecule has 140 valence electrons. The molecule has 1 heterocycles. The first kappa shape index (κ1) is 18.9. The molecule has 1 unspecified atom stereocenters. The maximum Gasteiger partial charge on any atom is 0.314 e. The Morgan fingerprint density at radius 2 is 1.78 bits per heavy atom. The third kappa shape index (κ3) is 4.85. The molecule has 0 bridgehead atoms. The van der Waals surface area contributed by atoms with E-state index in [4.69, 9.17) is 4.74 Å². The van der Waals surface area contributed by atoms with Gasteiger partial charge in [0.15, 0.2) is 0 Å². The number of aromatic nitrogens is 2. The Morgan fingerprint density at radius 1 is 1.04 bits per heavy atom. The number of hydrogen-bond donors (Lipinski definition) is 1. The third-order valence-corrected chi connectivity index (χ3v) is 4.76. The SMILES string of the molecule is CCCCC(CC)C(=O)Oc1ccc(-c2cc(-c3ccccc3)n[nH]2)cc1. The number of ether oxygens (including phenoxy) is 1. The Labute approximate surface area is 160 Å². The lowest BCUT2D eigenvalue weighted by Gasteiger charge is -2.13. The smallest absolute Gasteiger partial charge is 0.314 e. The highest BCUT2D eigenvalue weighted by molar-refractivity contribution is 5.75. The molecule has 0 aliphatic heterocycles. The fourth-order valence-electron chi connectivity index (χ4n) is 3.07. The summed E-state index contributed by atoms with van der Waals surface area (Å²) in [4.78, 5) is 12.3. The van der Waals surface area contributed by atoms with Crippen molar-refractivity contribution >= 4 is 5.97 Å². The van der Waals surface area contributed by atoms with Crippen LogP contribution in [-0.2, 0) is 4.79 Å². The number of esters is 1. The Kier molecular flexibility index (Phi) is 6.42. The minimum absolute atomic E-state index is 0.0225. The second-order valence-electron chi connectivity index (χ2n) is 6.73. The highest BCUT2D eigenvalue weighted by Crippen LogP contribution is 2.26. The molecule has 0 aliphatic carbocycles. The Morgan fingerprint density at radius 3 is 2.44 bits per heavy atom. The van der Waals surface area contributed by atoms with Gasteiger partial charge < -0.3 is 4.74 Å². The first-order valence-electron chi connectivity index (χ1n) is 9.64. The summed E-state index contributed by atoms with van der Waals surface area (Å²) in [5.41, 5.74) is 3.91. The average molecular weight is 362 g/mol. The fraction of sp³-hybridized carbons (Fsp3) is 0.304. The van der Waals surface area contributed by atoms with Gasteiger partial charge in [-0.15, -0.1) is 0 Å². The Hall–Kier alpha value is -2.88. The van der Waals surface area contributed by atoms with Crippen LogP contribution in [0.25, 0.3) is 22.5 Å². The van der Waals surface area contributed by atoms with E-state index in [9.17, 15) is 4.79 Å². The quantitative estimate of drug-likeness (QED) is 0.403. The van der Waals surface area contributed by atoms with Crippen molar-refractivity contribution in [1.82, 2.24) is 10.2 Å². The predicted molar refractivity (Wildman–Crippen MR) is 108 cm³/mol. The molecule has 4 nitrogen and oxygen atoms in total. The summed E-state index contributed by atoms with van der Waals surface area (Å²) >= 11 is 0. The van der Waals surface area contributed by atoms with Gasteiger partial charge in [-0.05, 0) is 48.7 Å². The van der Waals surface area contributed by atoms with Crippen LogP contribution in [0.15, 0.2) is 60.7 Å². The van der Waals surface area contributed by atoms with Crippen molar-refractivity contribution in [3.63, 3.8) is 0 Å². The monoisotopic (exact) mass is 362 g/mol. The van der Waals surface area contributed by atoms with Gasteiger partial charge >= 0.3 is 5.97 Å². The summed E-state index contributed by atoms with van der Waals surface area (Å²) < 4.78 is 5.57. The van der Waals surface area contributed by atoms with Gasteiger partial charge in [0.25, 0.3) is 0 Å². The number of carbonyl (C=O) groups excluding carboxylic acids is 1. The highest BCUT2D eigenvalue weighted by Gasteiger charge is 2.18. The first-order chi connectivity index (χ1) is 13.2. The molecule has 0 fully saturated rings. The average Bonchev–Trinajstić information content (AvgIpc) is 3.20. The molecule has 0 aliphatic rings. The van der Waals surface area contributed by atoms with Crippen LogP contribution in [0.5, 0.6) is 5.75 Å². The Bertz CT molecular complexity index is 854. The molecule has 0 amide bonds. The molecular weight excluding hydrogens is 336 g/mol. The van der Waals surface area contributed by atoms with E-state index in [0.29, 0.717) is 5.75 Å². The van der Waals surface area contributed by atoms with Crippen LogP contribution < -0.4 is 4.74 Å². The van der Waals surface area contributed by atoms with Crippen molar-refractivity contribution in [2.45, 2.75) is 39.5 Å². The molecule has 0 saturated heterocycles. The van der Waals surface area contributed by atoms with E-state index >= 15 is 0 Å². The van der Waals surface area contributed by atoms with Gasteiger partial charge in [-0.2, -0.15) is 5.10 Å². The molecule has 1 N–H and O–H groups in total. The fourth-order valence-corrected chi connectivity index (χ4v) is 3.07. The van der Waals surface area contributed by atoms with Crippen molar-refractivity contribution in [1.29, 1.82) is 0 Å². The lowest BCUT2D eigenvalue weighted by atomic mass is 10.00. The summed E-state index contributed by atoms with van der Waals surface area (Å²) in [6.45, 7) is 4.17. The van der Waals surface area contributed by atoms with E-state index < -0.39 is 0 Å². The number of rotatable bonds is 8. The summed E-state index contributed by atoms with van der Waals surface area (Å²) in [7, 11) is 0. The summed E-state index contributed by atoms with van der Waals surface area (Å²) in [5.74, 6) is 0.429. The van der Waals surface area contributed by atoms with E-state index in [0.717, 1.165) is 48.2 Å². The second kappa shape index (κ2) is 9.17. The number of aromatic amines is 1. The van der Waals surface area contributed by atoms with Crippen molar-refractivity contribution < 1.29 is 9.53 Å². The molecule has 4 heteroatoms. The Balaban J connectivity index is 1.67. The van der Waals surface area contributed by atoms with Crippen molar-refractivity contribution in [2.75, 3.05) is 0 Å². The largest absolute Gasteiger partial charge is 0.426 e. The number of benzene rings is 2. The van der Waals surface area contributed by atoms with Crippen LogP contribution in [0.2, 0.25) is 0 Å². The summed E-state index contributed by atoms with van der Waals surface area (Å²) in [6.07, 6.45) is 3.84. The van der Waals surface area contributed by atoms with Crippen molar-refractivity contribution in [2.24, 2.45) is 5.92 Å². The van der Waals surface area contributed by atoms with E-state index in [1.165, 1.54) is 0 Å². The maximum atomic E-state index is 12.3. The summed E-state index contributed by atoms with van der Waals surface area (Å²) in [6, 6.07) is 19.6. The molecule has 3 aromatic rings. The van der Waals surface area contributed by atoms with Crippen LogP contribution in [-0.4, -0.2) is 16.2 Å². The van der Waals surface area contributed by atoms with Crippen LogP contribution >= 0.6 is 0 Å². The predicted octanol–water partition coefficient (Wildman–Crippen LogP) is 5.87. The molecule has 2 aromatic carbocycles. The highest BCUT2D eigenvalue weighted by atomic mass is 16.5. The van der Waals surface area contributed by atoms with E-state index in [2.05, 4.69) is 17.1 Å². The van der Waals surface area contributed by atoms with Crippen LogP contribution in [0.1, 0.15) is 39.5 Å². The topological polar surface area (TPSA) is 55.0 Å². The van der Waals surface area contributed by atoms with Gasteiger partial charge in [-0.25, -0.2) is 0 Å². The number of unbranched alkanes of at least 4 members (excludes halogenated alkanes) is 1. The molecule has 1 atom stereocenters. The molecule has 1 aromatic heterocycles. The lowest BCUT2D eigenvalue weighted by Crippen LogP contribution is -2.19. The zero-order valence-electron chi connectivity index (χ0n) is 15.9. The van der Waals surface area contributed by atoms with Crippen molar-refractivity contribution in [3.05, 3.63) is 60.7 Å². The van der Waals surface area contributed by atoms with Gasteiger partial charge in [0.1, 0.15) is 5.75 Å². The molecule has 0 saturated carbocycles. The zero-order chi connectivity index (χ0) is 19.1. The normalized spacial score (nSPS) is 11.9. The minimum atomic E-state index is -0.133. The molecule has 0 radical (unpaired) electrons.